The average Bonchev–Trinajstić information content (AvgIpc) is 3.09. The molecule has 3 heterocycles. The first kappa shape index (κ1) is 9.94. The topological polar surface area (TPSA) is 52.7 Å². The van der Waals surface area contributed by atoms with Gasteiger partial charge in [-0.3, -0.25) is 0 Å². The van der Waals surface area contributed by atoms with Crippen LogP contribution in [0.4, 0.5) is 0 Å². The van der Waals surface area contributed by atoms with Crippen molar-refractivity contribution in [2.75, 3.05) is 0 Å². The maximum absolute atomic E-state index is 9.12. The molecule has 0 aliphatic heterocycles. The Balaban J connectivity index is 2.15. The minimum atomic E-state index is 0.600. The molecule has 82 valence electrons. The zero-order valence-corrected chi connectivity index (χ0v) is 9.62. The van der Waals surface area contributed by atoms with E-state index in [0.717, 1.165) is 16.3 Å². The van der Waals surface area contributed by atoms with Crippen LogP contribution in [0, 0.1) is 11.3 Å². The Bertz CT molecular complexity index is 657. The lowest BCUT2D eigenvalue weighted by atomic mass is 10.2. The van der Waals surface area contributed by atoms with Crippen molar-refractivity contribution in [3.05, 3.63) is 47.5 Å². The average molecular weight is 240 g/mol. The van der Waals surface area contributed by atoms with E-state index < -0.39 is 0 Å². The molecule has 0 radical (unpaired) electrons. The van der Waals surface area contributed by atoms with Gasteiger partial charge in [-0.05, 0) is 29.6 Å². The third-order valence-electron chi connectivity index (χ3n) is 2.49. The van der Waals surface area contributed by atoms with Gasteiger partial charge < -0.3 is 9.40 Å². The van der Waals surface area contributed by atoms with Crippen molar-refractivity contribution in [3.8, 4) is 28.1 Å². The summed E-state index contributed by atoms with van der Waals surface area (Å²) >= 11 is 1.63. The summed E-state index contributed by atoms with van der Waals surface area (Å²) in [6.07, 6.45) is 1.60. The van der Waals surface area contributed by atoms with Crippen molar-refractivity contribution in [1.82, 2.24) is 4.98 Å². The smallest absolute Gasteiger partial charge is 0.151 e. The lowest BCUT2D eigenvalue weighted by molar-refractivity contribution is 0.580. The van der Waals surface area contributed by atoms with E-state index in [9.17, 15) is 0 Å². The van der Waals surface area contributed by atoms with Crippen LogP contribution >= 0.6 is 11.3 Å². The van der Waals surface area contributed by atoms with Crippen molar-refractivity contribution in [2.24, 2.45) is 0 Å². The van der Waals surface area contributed by atoms with Crippen molar-refractivity contribution in [2.45, 2.75) is 0 Å². The van der Waals surface area contributed by atoms with E-state index in [-0.39, 0.29) is 0 Å². The van der Waals surface area contributed by atoms with Gasteiger partial charge in [-0.25, -0.2) is 0 Å². The summed E-state index contributed by atoms with van der Waals surface area (Å²) in [5.41, 5.74) is 2.28. The van der Waals surface area contributed by atoms with E-state index in [1.807, 2.05) is 35.7 Å². The second-order valence-electron chi connectivity index (χ2n) is 3.54. The number of hydrogen-bond acceptors (Lipinski definition) is 3. The van der Waals surface area contributed by atoms with Crippen LogP contribution in [-0.4, -0.2) is 4.98 Å². The van der Waals surface area contributed by atoms with Gasteiger partial charge in [0.05, 0.1) is 28.1 Å². The summed E-state index contributed by atoms with van der Waals surface area (Å²) in [7, 11) is 0. The molecular weight excluding hydrogens is 232 g/mol. The minimum Gasteiger partial charge on any atom is -0.463 e. The molecule has 0 saturated heterocycles. The molecule has 0 unspecified atom stereocenters. The SMILES string of the molecule is N#Cc1cc(-c2cccs2)[nH]c1-c1ccco1. The molecule has 0 atom stereocenters. The van der Waals surface area contributed by atoms with E-state index in [0.29, 0.717) is 11.3 Å². The highest BCUT2D eigenvalue weighted by Gasteiger charge is 2.13. The zero-order chi connectivity index (χ0) is 11.7. The Morgan fingerprint density at radius 2 is 2.24 bits per heavy atom. The number of aromatic amines is 1. The highest BCUT2D eigenvalue weighted by Crippen LogP contribution is 2.30. The lowest BCUT2D eigenvalue weighted by Gasteiger charge is -1.93. The van der Waals surface area contributed by atoms with E-state index >= 15 is 0 Å². The summed E-state index contributed by atoms with van der Waals surface area (Å²) in [4.78, 5) is 4.34. The molecule has 3 aromatic heterocycles. The Morgan fingerprint density at radius 1 is 1.29 bits per heavy atom. The molecule has 4 heteroatoms. The number of thiophene rings is 1. The molecule has 0 aliphatic carbocycles. The van der Waals surface area contributed by atoms with E-state index in [1.165, 1.54) is 0 Å². The second-order valence-corrected chi connectivity index (χ2v) is 4.49. The Kier molecular flexibility index (Phi) is 2.32. The molecule has 3 rings (SSSR count). The number of furan rings is 1. The normalized spacial score (nSPS) is 10.3. The van der Waals surface area contributed by atoms with Crippen molar-refractivity contribution < 1.29 is 4.42 Å². The Labute approximate surface area is 102 Å². The third kappa shape index (κ3) is 1.67. The fourth-order valence-electron chi connectivity index (χ4n) is 1.72. The van der Waals surface area contributed by atoms with Gasteiger partial charge >= 0.3 is 0 Å². The fraction of sp³-hybridized carbons (Fsp3) is 0. The summed E-state index contributed by atoms with van der Waals surface area (Å²) in [5, 5.41) is 11.1. The van der Waals surface area contributed by atoms with Gasteiger partial charge in [-0.2, -0.15) is 5.26 Å². The van der Waals surface area contributed by atoms with Gasteiger partial charge in [0.25, 0.3) is 0 Å². The van der Waals surface area contributed by atoms with Crippen LogP contribution in [0.25, 0.3) is 22.0 Å². The van der Waals surface area contributed by atoms with Gasteiger partial charge in [0.2, 0.25) is 0 Å². The molecule has 0 aliphatic rings. The number of H-pyrrole nitrogens is 1. The Morgan fingerprint density at radius 3 is 2.88 bits per heavy atom. The van der Waals surface area contributed by atoms with Crippen LogP contribution in [0.5, 0.6) is 0 Å². The van der Waals surface area contributed by atoms with Crippen molar-refractivity contribution in [1.29, 1.82) is 5.26 Å². The predicted octanol–water partition coefficient (Wildman–Crippen LogP) is 3.87. The summed E-state index contributed by atoms with van der Waals surface area (Å²) in [5.74, 6) is 0.685. The molecule has 3 aromatic rings. The monoisotopic (exact) mass is 240 g/mol. The maximum Gasteiger partial charge on any atom is 0.151 e. The second kappa shape index (κ2) is 3.96. The summed E-state index contributed by atoms with van der Waals surface area (Å²) in [6, 6.07) is 11.7. The number of nitriles is 1. The standard InChI is InChI=1S/C13H8N2OS/c14-8-9-7-10(12-4-2-6-17-12)15-13(9)11-3-1-5-16-11/h1-7,15H. The first-order chi connectivity index (χ1) is 8.38. The highest BCUT2D eigenvalue weighted by molar-refractivity contribution is 7.13. The molecule has 3 nitrogen and oxygen atoms in total. The van der Waals surface area contributed by atoms with Gasteiger partial charge in [-0.15, -0.1) is 11.3 Å². The van der Waals surface area contributed by atoms with Crippen LogP contribution in [0.1, 0.15) is 5.56 Å². The van der Waals surface area contributed by atoms with Crippen LogP contribution in [0.15, 0.2) is 46.4 Å². The summed E-state index contributed by atoms with van der Waals surface area (Å²) in [6.45, 7) is 0. The predicted molar refractivity (Wildman–Crippen MR) is 66.5 cm³/mol. The molecular formula is C13H8N2OS. The first-order valence-corrected chi connectivity index (χ1v) is 5.97. The van der Waals surface area contributed by atoms with Crippen LogP contribution in [0.2, 0.25) is 0 Å². The maximum atomic E-state index is 9.12. The molecule has 0 bridgehead atoms. The van der Waals surface area contributed by atoms with Crippen LogP contribution in [-0.2, 0) is 0 Å². The van der Waals surface area contributed by atoms with Gasteiger partial charge in [0, 0.05) is 0 Å². The van der Waals surface area contributed by atoms with Crippen molar-refractivity contribution in [3.63, 3.8) is 0 Å². The van der Waals surface area contributed by atoms with E-state index in [1.54, 1.807) is 17.6 Å². The van der Waals surface area contributed by atoms with Crippen LogP contribution < -0.4 is 0 Å². The first-order valence-electron chi connectivity index (χ1n) is 5.09. The number of hydrogen-bond donors (Lipinski definition) is 1. The largest absolute Gasteiger partial charge is 0.463 e. The molecule has 0 spiro atoms. The minimum absolute atomic E-state index is 0.600. The molecule has 0 amide bonds. The number of nitrogens with zero attached hydrogens (tertiary/aromatic N) is 1. The zero-order valence-electron chi connectivity index (χ0n) is 8.81. The van der Waals surface area contributed by atoms with Gasteiger partial charge in [-0.1, -0.05) is 6.07 Å². The Hall–Kier alpha value is -2.25. The highest BCUT2D eigenvalue weighted by atomic mass is 32.1. The molecule has 0 aromatic carbocycles. The number of aromatic nitrogens is 1. The van der Waals surface area contributed by atoms with E-state index in [4.69, 9.17) is 9.68 Å². The quantitative estimate of drug-likeness (QED) is 0.739. The molecule has 0 fully saturated rings. The fourth-order valence-corrected chi connectivity index (χ4v) is 2.42. The number of nitrogens with one attached hydrogen (secondary N) is 1. The van der Waals surface area contributed by atoms with Crippen LogP contribution in [0.3, 0.4) is 0 Å². The van der Waals surface area contributed by atoms with Gasteiger partial charge in [0.1, 0.15) is 6.07 Å². The van der Waals surface area contributed by atoms with Gasteiger partial charge in [0.15, 0.2) is 5.76 Å². The molecule has 1 N–H and O–H groups in total. The molecule has 17 heavy (non-hydrogen) atoms. The van der Waals surface area contributed by atoms with Crippen molar-refractivity contribution >= 4 is 11.3 Å². The van der Waals surface area contributed by atoms with E-state index in [2.05, 4.69) is 11.1 Å². The third-order valence-corrected chi connectivity index (χ3v) is 3.40. The molecule has 0 saturated carbocycles. The number of rotatable bonds is 2. The summed E-state index contributed by atoms with van der Waals surface area (Å²) < 4.78 is 5.31. The lowest BCUT2D eigenvalue weighted by Crippen LogP contribution is -1.77.